The first-order valence-electron chi connectivity index (χ1n) is 5.33. The molecule has 0 radical (unpaired) electrons. The van der Waals surface area contributed by atoms with Gasteiger partial charge >= 0.3 is 0 Å². The molecule has 0 saturated carbocycles. The minimum atomic E-state index is 0.0369. The third-order valence-electron chi connectivity index (χ3n) is 2.46. The number of fused-ring (bicyclic) bond motifs is 1. The Kier molecular flexibility index (Phi) is 2.37. The fourth-order valence-corrected chi connectivity index (χ4v) is 1.66. The van der Waals surface area contributed by atoms with Crippen LogP contribution in [0.4, 0.5) is 11.8 Å². The Morgan fingerprint density at radius 3 is 2.68 bits per heavy atom. The van der Waals surface area contributed by atoms with Crippen molar-refractivity contribution in [3.8, 4) is 17.4 Å². The van der Waals surface area contributed by atoms with Crippen molar-refractivity contribution in [1.29, 1.82) is 0 Å². The Hall–Kier alpha value is -2.97. The lowest BCUT2D eigenvalue weighted by Crippen LogP contribution is -2.05. The number of methoxy groups -OCH3 is 1. The first kappa shape index (κ1) is 11.1. The average molecular weight is 258 g/mol. The fourth-order valence-electron chi connectivity index (χ4n) is 1.66. The normalized spacial score (nSPS) is 10.8. The van der Waals surface area contributed by atoms with E-state index in [4.69, 9.17) is 16.2 Å². The van der Waals surface area contributed by atoms with E-state index >= 15 is 0 Å². The molecule has 0 bridgehead atoms. The van der Waals surface area contributed by atoms with E-state index in [1.54, 1.807) is 12.4 Å². The molecule has 0 unspecified atom stereocenters. The van der Waals surface area contributed by atoms with Crippen LogP contribution in [0.3, 0.4) is 0 Å². The third-order valence-corrected chi connectivity index (χ3v) is 2.46. The van der Waals surface area contributed by atoms with Crippen LogP contribution in [0.2, 0.25) is 0 Å². The maximum absolute atomic E-state index is 5.74. The summed E-state index contributed by atoms with van der Waals surface area (Å²) in [5.41, 5.74) is 12.3. The van der Waals surface area contributed by atoms with E-state index in [1.807, 2.05) is 0 Å². The molecule has 0 aliphatic rings. The summed E-state index contributed by atoms with van der Waals surface area (Å²) < 4.78 is 5.19. The topological polar surface area (TPSA) is 142 Å². The standard InChI is InChI=1S/C10H10N8O/c1-19-9-5(7-13-2-3-14-7)15-8-4(16-9)6(11)17-10(12)18-8/h2-3H,1H3,(H,13,14)(H4,11,12,15,17,18). The van der Waals surface area contributed by atoms with Gasteiger partial charge in [-0.05, 0) is 0 Å². The summed E-state index contributed by atoms with van der Waals surface area (Å²) in [6.07, 6.45) is 3.27. The molecule has 9 nitrogen and oxygen atoms in total. The Labute approximate surface area is 107 Å². The predicted octanol–water partition coefficient (Wildman–Crippen LogP) is -0.0171. The van der Waals surface area contributed by atoms with Gasteiger partial charge in [-0.15, -0.1) is 0 Å². The van der Waals surface area contributed by atoms with Gasteiger partial charge in [-0.25, -0.2) is 15.0 Å². The average Bonchev–Trinajstić information content (AvgIpc) is 2.91. The monoisotopic (exact) mass is 258 g/mol. The first-order chi connectivity index (χ1) is 9.19. The smallest absolute Gasteiger partial charge is 0.244 e. The molecule has 3 rings (SSSR count). The van der Waals surface area contributed by atoms with Crippen LogP contribution in [0, 0.1) is 0 Å². The molecule has 5 N–H and O–H groups in total. The second-order valence-corrected chi connectivity index (χ2v) is 3.66. The molecule has 0 aliphatic heterocycles. The molecule has 19 heavy (non-hydrogen) atoms. The molecule has 3 aromatic rings. The number of nitrogens with one attached hydrogen (secondary N) is 1. The number of nitrogens with two attached hydrogens (primary N) is 2. The molecular weight excluding hydrogens is 248 g/mol. The van der Waals surface area contributed by atoms with Gasteiger partial charge in [0.2, 0.25) is 11.8 Å². The van der Waals surface area contributed by atoms with Crippen molar-refractivity contribution >= 4 is 22.9 Å². The first-order valence-corrected chi connectivity index (χ1v) is 5.33. The molecule has 3 heterocycles. The number of aromatic amines is 1. The van der Waals surface area contributed by atoms with Crippen molar-refractivity contribution in [3.05, 3.63) is 12.4 Å². The lowest BCUT2D eigenvalue weighted by molar-refractivity contribution is 0.399. The molecule has 3 aromatic heterocycles. The minimum absolute atomic E-state index is 0.0369. The number of anilines is 2. The highest BCUT2D eigenvalue weighted by Crippen LogP contribution is 2.27. The lowest BCUT2D eigenvalue weighted by Gasteiger charge is -2.07. The van der Waals surface area contributed by atoms with E-state index in [0.717, 1.165) is 0 Å². The summed E-state index contributed by atoms with van der Waals surface area (Å²) in [6, 6.07) is 0. The number of nitrogen functional groups attached to an aromatic ring is 2. The molecule has 0 aliphatic carbocycles. The number of H-pyrrole nitrogens is 1. The predicted molar refractivity (Wildman–Crippen MR) is 68.1 cm³/mol. The highest BCUT2D eigenvalue weighted by Gasteiger charge is 2.16. The van der Waals surface area contributed by atoms with Crippen LogP contribution in [-0.4, -0.2) is 37.0 Å². The summed E-state index contributed by atoms with van der Waals surface area (Å²) in [7, 11) is 1.48. The zero-order valence-corrected chi connectivity index (χ0v) is 9.95. The van der Waals surface area contributed by atoms with Gasteiger partial charge in [-0.2, -0.15) is 9.97 Å². The van der Waals surface area contributed by atoms with Crippen molar-refractivity contribution < 1.29 is 4.74 Å². The van der Waals surface area contributed by atoms with Gasteiger partial charge in [0.05, 0.1) is 7.11 Å². The van der Waals surface area contributed by atoms with Crippen molar-refractivity contribution in [2.75, 3.05) is 18.6 Å². The molecule has 0 atom stereocenters. The van der Waals surface area contributed by atoms with Gasteiger partial charge in [-0.1, -0.05) is 0 Å². The summed E-state index contributed by atoms with van der Waals surface area (Å²) >= 11 is 0. The van der Waals surface area contributed by atoms with E-state index in [9.17, 15) is 0 Å². The number of ether oxygens (including phenoxy) is 1. The van der Waals surface area contributed by atoms with Crippen LogP contribution in [0.1, 0.15) is 0 Å². The van der Waals surface area contributed by atoms with Crippen molar-refractivity contribution in [2.45, 2.75) is 0 Å². The van der Waals surface area contributed by atoms with E-state index in [0.29, 0.717) is 17.0 Å². The summed E-state index contributed by atoms with van der Waals surface area (Å²) in [4.78, 5) is 23.4. The van der Waals surface area contributed by atoms with Crippen LogP contribution in [0.15, 0.2) is 12.4 Å². The second kappa shape index (κ2) is 4.05. The van der Waals surface area contributed by atoms with Gasteiger partial charge in [0.25, 0.3) is 0 Å². The van der Waals surface area contributed by atoms with Gasteiger partial charge in [0.1, 0.15) is 0 Å². The maximum atomic E-state index is 5.74. The van der Waals surface area contributed by atoms with Crippen molar-refractivity contribution in [1.82, 2.24) is 29.9 Å². The second-order valence-electron chi connectivity index (χ2n) is 3.66. The van der Waals surface area contributed by atoms with Crippen LogP contribution in [0.5, 0.6) is 5.88 Å². The van der Waals surface area contributed by atoms with E-state index in [-0.39, 0.29) is 23.3 Å². The molecule has 0 fully saturated rings. The summed E-state index contributed by atoms with van der Waals surface area (Å²) in [5.74, 6) is 0.985. The SMILES string of the molecule is COc1nc2c(N)nc(N)nc2nc1-c1ncc[nH]1. The largest absolute Gasteiger partial charge is 0.479 e. The van der Waals surface area contributed by atoms with Gasteiger partial charge in [0.15, 0.2) is 28.5 Å². The number of imidazole rings is 1. The lowest BCUT2D eigenvalue weighted by atomic mass is 10.3. The number of hydrogen-bond acceptors (Lipinski definition) is 8. The molecule has 0 spiro atoms. The van der Waals surface area contributed by atoms with Gasteiger partial charge in [0, 0.05) is 12.4 Å². The van der Waals surface area contributed by atoms with Gasteiger partial charge in [-0.3, -0.25) is 0 Å². The zero-order chi connectivity index (χ0) is 13.4. The van der Waals surface area contributed by atoms with Crippen molar-refractivity contribution in [2.24, 2.45) is 0 Å². The maximum Gasteiger partial charge on any atom is 0.244 e. The van der Waals surface area contributed by atoms with Crippen LogP contribution in [-0.2, 0) is 0 Å². The zero-order valence-electron chi connectivity index (χ0n) is 9.95. The van der Waals surface area contributed by atoms with Crippen LogP contribution in [0.25, 0.3) is 22.7 Å². The van der Waals surface area contributed by atoms with Gasteiger partial charge < -0.3 is 21.2 Å². The Morgan fingerprint density at radius 1 is 1.16 bits per heavy atom. The highest BCUT2D eigenvalue weighted by atomic mass is 16.5. The Morgan fingerprint density at radius 2 is 2.00 bits per heavy atom. The number of rotatable bonds is 2. The minimum Gasteiger partial charge on any atom is -0.479 e. The van der Waals surface area contributed by atoms with E-state index in [1.165, 1.54) is 7.11 Å². The van der Waals surface area contributed by atoms with Crippen LogP contribution >= 0.6 is 0 Å². The molecule has 96 valence electrons. The Balaban J connectivity index is 2.33. The fraction of sp³-hybridized carbons (Fsp3) is 0.100. The third kappa shape index (κ3) is 1.76. The highest BCUT2D eigenvalue weighted by molar-refractivity contribution is 5.84. The summed E-state index contributed by atoms with van der Waals surface area (Å²) in [5, 5.41) is 0. The van der Waals surface area contributed by atoms with Crippen LogP contribution < -0.4 is 16.2 Å². The number of aromatic nitrogens is 6. The quantitative estimate of drug-likeness (QED) is 0.582. The Bertz CT molecular complexity index is 739. The number of hydrogen-bond donors (Lipinski definition) is 3. The van der Waals surface area contributed by atoms with E-state index < -0.39 is 0 Å². The molecule has 0 saturated heterocycles. The van der Waals surface area contributed by atoms with E-state index in [2.05, 4.69) is 29.9 Å². The van der Waals surface area contributed by atoms with Crippen molar-refractivity contribution in [3.63, 3.8) is 0 Å². The molecule has 9 heteroatoms. The summed E-state index contributed by atoms with van der Waals surface area (Å²) in [6.45, 7) is 0. The molecule has 0 aromatic carbocycles. The number of nitrogens with zero attached hydrogens (tertiary/aromatic N) is 5. The molecule has 0 amide bonds. The molecular formula is C10H10N8O.